The number of carboxylic acid groups (broad SMARTS) is 1. The zero-order chi connectivity index (χ0) is 14.9. The lowest BCUT2D eigenvalue weighted by Crippen LogP contribution is -2.13. The number of hydrogen-bond donors (Lipinski definition) is 2. The van der Waals surface area contributed by atoms with Gasteiger partial charge in [-0.25, -0.2) is 9.78 Å². The van der Waals surface area contributed by atoms with Crippen LogP contribution >= 0.6 is 0 Å². The van der Waals surface area contributed by atoms with E-state index in [2.05, 4.69) is 30.7 Å². The van der Waals surface area contributed by atoms with Crippen molar-refractivity contribution in [2.24, 2.45) is 0 Å². The van der Waals surface area contributed by atoms with E-state index in [0.29, 0.717) is 5.69 Å². The summed E-state index contributed by atoms with van der Waals surface area (Å²) < 4.78 is 5.38. The molecule has 0 aliphatic rings. The molecule has 5 nitrogen and oxygen atoms in total. The minimum absolute atomic E-state index is 0.0926. The summed E-state index contributed by atoms with van der Waals surface area (Å²) in [4.78, 5) is 17.9. The lowest BCUT2D eigenvalue weighted by molar-refractivity contribution is 0.0692. The first kappa shape index (κ1) is 14.1. The zero-order valence-corrected chi connectivity index (χ0v) is 12.0. The van der Waals surface area contributed by atoms with Gasteiger partial charge in [0, 0.05) is 11.1 Å². The molecule has 0 aliphatic heterocycles. The maximum atomic E-state index is 11.2. The van der Waals surface area contributed by atoms with Crippen molar-refractivity contribution in [1.82, 2.24) is 9.97 Å². The number of carbonyl (C=O) groups is 1. The summed E-state index contributed by atoms with van der Waals surface area (Å²) in [6.45, 7) is 6.24. The van der Waals surface area contributed by atoms with Gasteiger partial charge in [0.2, 0.25) is 0 Å². The highest BCUT2D eigenvalue weighted by atomic mass is 16.5. The molecule has 2 N–H and O–H groups in total. The molecule has 0 fully saturated rings. The van der Waals surface area contributed by atoms with E-state index in [1.807, 2.05) is 18.2 Å². The molecule has 0 unspecified atom stereocenters. The molecule has 0 spiro atoms. The molecule has 0 atom stereocenters. The van der Waals surface area contributed by atoms with Crippen molar-refractivity contribution in [2.45, 2.75) is 26.2 Å². The van der Waals surface area contributed by atoms with E-state index in [-0.39, 0.29) is 11.1 Å². The Morgan fingerprint density at radius 2 is 2.05 bits per heavy atom. The molecular weight excluding hydrogens is 256 g/mol. The summed E-state index contributed by atoms with van der Waals surface area (Å²) in [6, 6.07) is 5.59. The maximum Gasteiger partial charge on any atom is 0.354 e. The second kappa shape index (κ2) is 5.00. The zero-order valence-electron chi connectivity index (χ0n) is 12.0. The topological polar surface area (TPSA) is 75.2 Å². The minimum atomic E-state index is -1.02. The number of benzene rings is 1. The summed E-state index contributed by atoms with van der Waals surface area (Å²) in [5.74, 6) is -0.237. The van der Waals surface area contributed by atoms with Gasteiger partial charge < -0.3 is 14.8 Å². The van der Waals surface area contributed by atoms with Crippen LogP contribution in [0.5, 0.6) is 5.75 Å². The summed E-state index contributed by atoms with van der Waals surface area (Å²) in [5, 5.41) is 9.15. The fraction of sp³-hybridized carbons (Fsp3) is 0.333. The van der Waals surface area contributed by atoms with E-state index in [4.69, 9.17) is 9.84 Å². The predicted octanol–water partition coefficient (Wildman–Crippen LogP) is 3.08. The number of carboxylic acids is 1. The highest BCUT2D eigenvalue weighted by molar-refractivity contribution is 5.92. The number of ether oxygens (including phenoxy) is 1. The number of imidazole rings is 1. The van der Waals surface area contributed by atoms with Gasteiger partial charge in [0.15, 0.2) is 5.69 Å². The van der Waals surface area contributed by atoms with Gasteiger partial charge >= 0.3 is 5.97 Å². The van der Waals surface area contributed by atoms with E-state index in [1.54, 1.807) is 7.11 Å². The maximum absolute atomic E-state index is 11.2. The molecule has 2 aromatic rings. The standard InChI is InChI=1S/C15H18N2O3/c1-15(2,3)10-7-9(5-6-11(10)20-4)12-13(14(18)19)17-8-16-12/h5-8H,1-4H3,(H,16,17)(H,18,19). The van der Waals surface area contributed by atoms with Crippen LogP contribution in [0.4, 0.5) is 0 Å². The van der Waals surface area contributed by atoms with Gasteiger partial charge in [0.25, 0.3) is 0 Å². The van der Waals surface area contributed by atoms with Crippen molar-refractivity contribution < 1.29 is 14.6 Å². The number of methoxy groups -OCH3 is 1. The molecule has 2 rings (SSSR count). The van der Waals surface area contributed by atoms with Crippen LogP contribution in [0.2, 0.25) is 0 Å². The Hall–Kier alpha value is -2.30. The van der Waals surface area contributed by atoms with E-state index in [0.717, 1.165) is 16.9 Å². The van der Waals surface area contributed by atoms with Crippen LogP contribution in [-0.4, -0.2) is 28.2 Å². The SMILES string of the molecule is COc1ccc(-c2nc[nH]c2C(=O)O)cc1C(C)(C)C. The van der Waals surface area contributed by atoms with Crippen LogP contribution in [0.15, 0.2) is 24.5 Å². The van der Waals surface area contributed by atoms with E-state index < -0.39 is 5.97 Å². The Balaban J connectivity index is 2.59. The molecule has 0 amide bonds. The van der Waals surface area contributed by atoms with E-state index >= 15 is 0 Å². The highest BCUT2D eigenvalue weighted by Crippen LogP contribution is 2.35. The summed E-state index contributed by atoms with van der Waals surface area (Å²) >= 11 is 0. The van der Waals surface area contributed by atoms with Crippen molar-refractivity contribution in [2.75, 3.05) is 7.11 Å². The molecule has 5 heteroatoms. The number of nitrogens with zero attached hydrogens (tertiary/aromatic N) is 1. The molecule has 0 saturated carbocycles. The van der Waals surface area contributed by atoms with Gasteiger partial charge in [-0.15, -0.1) is 0 Å². The number of aromatic carboxylic acids is 1. The molecule has 1 heterocycles. The predicted molar refractivity (Wildman–Crippen MR) is 76.2 cm³/mol. The first-order valence-electron chi connectivity index (χ1n) is 6.30. The van der Waals surface area contributed by atoms with E-state index in [1.165, 1.54) is 6.33 Å². The largest absolute Gasteiger partial charge is 0.496 e. The smallest absolute Gasteiger partial charge is 0.354 e. The lowest BCUT2D eigenvalue weighted by Gasteiger charge is -2.22. The molecule has 0 bridgehead atoms. The summed E-state index contributed by atoms with van der Waals surface area (Å²) in [5.41, 5.74) is 2.19. The van der Waals surface area contributed by atoms with Gasteiger partial charge in [-0.2, -0.15) is 0 Å². The van der Waals surface area contributed by atoms with Crippen LogP contribution in [0, 0.1) is 0 Å². The van der Waals surface area contributed by atoms with Crippen LogP contribution < -0.4 is 4.74 Å². The van der Waals surface area contributed by atoms with Crippen molar-refractivity contribution in [1.29, 1.82) is 0 Å². The first-order chi connectivity index (χ1) is 9.34. The van der Waals surface area contributed by atoms with Crippen LogP contribution in [0.25, 0.3) is 11.3 Å². The van der Waals surface area contributed by atoms with Gasteiger partial charge in [0.1, 0.15) is 11.4 Å². The fourth-order valence-electron chi connectivity index (χ4n) is 2.12. The quantitative estimate of drug-likeness (QED) is 0.901. The average molecular weight is 274 g/mol. The third kappa shape index (κ3) is 2.52. The van der Waals surface area contributed by atoms with Gasteiger partial charge in [-0.05, 0) is 23.6 Å². The molecule has 0 saturated heterocycles. The minimum Gasteiger partial charge on any atom is -0.496 e. The van der Waals surface area contributed by atoms with Crippen molar-refractivity contribution in [3.8, 4) is 17.0 Å². The van der Waals surface area contributed by atoms with Gasteiger partial charge in [0.05, 0.1) is 13.4 Å². The van der Waals surface area contributed by atoms with Crippen LogP contribution in [0.3, 0.4) is 0 Å². The average Bonchev–Trinajstić information content (AvgIpc) is 2.86. The Kier molecular flexibility index (Phi) is 3.53. The number of aromatic amines is 1. The molecule has 1 aromatic heterocycles. The van der Waals surface area contributed by atoms with Crippen molar-refractivity contribution >= 4 is 5.97 Å². The Morgan fingerprint density at radius 1 is 1.35 bits per heavy atom. The first-order valence-corrected chi connectivity index (χ1v) is 6.30. The summed E-state index contributed by atoms with van der Waals surface area (Å²) in [7, 11) is 1.63. The van der Waals surface area contributed by atoms with Gasteiger partial charge in [-0.1, -0.05) is 20.8 Å². The van der Waals surface area contributed by atoms with Gasteiger partial charge in [-0.3, -0.25) is 0 Å². The Labute approximate surface area is 117 Å². The highest BCUT2D eigenvalue weighted by Gasteiger charge is 2.22. The molecule has 106 valence electrons. The molecule has 0 radical (unpaired) electrons. The molecular formula is C15H18N2O3. The second-order valence-corrected chi connectivity index (χ2v) is 5.60. The van der Waals surface area contributed by atoms with Crippen molar-refractivity contribution in [3.63, 3.8) is 0 Å². The normalized spacial score (nSPS) is 11.4. The Morgan fingerprint density at radius 3 is 2.60 bits per heavy atom. The number of aromatic nitrogens is 2. The number of rotatable bonds is 3. The third-order valence-corrected chi connectivity index (χ3v) is 3.13. The molecule has 1 aromatic carbocycles. The molecule has 0 aliphatic carbocycles. The number of nitrogens with one attached hydrogen (secondary N) is 1. The number of hydrogen-bond acceptors (Lipinski definition) is 3. The summed E-state index contributed by atoms with van der Waals surface area (Å²) in [6.07, 6.45) is 1.39. The van der Waals surface area contributed by atoms with Crippen molar-refractivity contribution in [3.05, 3.63) is 35.8 Å². The van der Waals surface area contributed by atoms with Crippen LogP contribution in [0.1, 0.15) is 36.8 Å². The Bertz CT molecular complexity index is 639. The molecule has 20 heavy (non-hydrogen) atoms. The lowest BCUT2D eigenvalue weighted by atomic mass is 9.85. The third-order valence-electron chi connectivity index (χ3n) is 3.13. The van der Waals surface area contributed by atoms with Crippen LogP contribution in [-0.2, 0) is 5.41 Å². The number of H-pyrrole nitrogens is 1. The monoisotopic (exact) mass is 274 g/mol. The second-order valence-electron chi connectivity index (χ2n) is 5.60. The van der Waals surface area contributed by atoms with E-state index in [9.17, 15) is 4.79 Å². The fourth-order valence-corrected chi connectivity index (χ4v) is 2.12.